The number of nitriles is 1. The first kappa shape index (κ1) is 10.0. The minimum absolute atomic E-state index is 0.234. The SMILES string of the molecule is CCN[C@@H](C#N)c1ccc(Cl)cc1. The molecule has 0 heterocycles. The molecular weight excluding hydrogens is 184 g/mol. The van der Waals surface area contributed by atoms with Crippen LogP contribution in [0.5, 0.6) is 0 Å². The molecule has 0 radical (unpaired) electrons. The van der Waals surface area contributed by atoms with Gasteiger partial charge in [-0.15, -0.1) is 0 Å². The lowest BCUT2D eigenvalue weighted by Gasteiger charge is -2.09. The molecule has 2 nitrogen and oxygen atoms in total. The van der Waals surface area contributed by atoms with E-state index in [2.05, 4.69) is 11.4 Å². The van der Waals surface area contributed by atoms with E-state index in [1.54, 1.807) is 12.1 Å². The molecule has 1 aromatic rings. The Balaban J connectivity index is 2.81. The Bertz CT molecular complexity index is 300. The first-order valence-corrected chi connectivity index (χ1v) is 4.54. The Morgan fingerprint density at radius 2 is 2.08 bits per heavy atom. The smallest absolute Gasteiger partial charge is 0.121 e. The average molecular weight is 195 g/mol. The summed E-state index contributed by atoms with van der Waals surface area (Å²) < 4.78 is 0. The molecule has 13 heavy (non-hydrogen) atoms. The number of hydrogen-bond donors (Lipinski definition) is 1. The third-order valence-electron chi connectivity index (χ3n) is 1.74. The molecule has 1 rings (SSSR count). The molecule has 0 aliphatic rings. The lowest BCUT2D eigenvalue weighted by Crippen LogP contribution is -2.18. The van der Waals surface area contributed by atoms with Crippen LogP contribution in [-0.2, 0) is 0 Å². The monoisotopic (exact) mass is 194 g/mol. The van der Waals surface area contributed by atoms with Crippen LogP contribution < -0.4 is 5.32 Å². The molecule has 0 aliphatic carbocycles. The summed E-state index contributed by atoms with van der Waals surface area (Å²) in [7, 11) is 0. The molecule has 1 atom stereocenters. The number of benzene rings is 1. The van der Waals surface area contributed by atoms with E-state index < -0.39 is 0 Å². The summed E-state index contributed by atoms with van der Waals surface area (Å²) in [4.78, 5) is 0. The van der Waals surface area contributed by atoms with Gasteiger partial charge in [0, 0.05) is 5.02 Å². The fourth-order valence-corrected chi connectivity index (χ4v) is 1.22. The van der Waals surface area contributed by atoms with Crippen molar-refractivity contribution < 1.29 is 0 Å². The van der Waals surface area contributed by atoms with Crippen LogP contribution >= 0.6 is 11.6 Å². The molecule has 0 aromatic heterocycles. The van der Waals surface area contributed by atoms with Crippen LogP contribution in [0, 0.1) is 11.3 Å². The van der Waals surface area contributed by atoms with Crippen molar-refractivity contribution in [3.63, 3.8) is 0 Å². The molecule has 0 amide bonds. The quantitative estimate of drug-likeness (QED) is 0.803. The number of rotatable bonds is 3. The summed E-state index contributed by atoms with van der Waals surface area (Å²) in [5.74, 6) is 0. The van der Waals surface area contributed by atoms with Crippen molar-refractivity contribution in [3.8, 4) is 6.07 Å². The predicted molar refractivity (Wildman–Crippen MR) is 53.5 cm³/mol. The molecule has 0 spiro atoms. The van der Waals surface area contributed by atoms with E-state index in [9.17, 15) is 0 Å². The lowest BCUT2D eigenvalue weighted by atomic mass is 10.1. The summed E-state index contributed by atoms with van der Waals surface area (Å²) >= 11 is 5.73. The number of halogens is 1. The standard InChI is InChI=1S/C10H11ClN2/c1-2-13-10(7-12)8-3-5-9(11)6-4-8/h3-6,10,13H,2H2,1H3/t10-/m0/s1. The molecule has 0 aliphatic heterocycles. The van der Waals surface area contributed by atoms with Crippen molar-refractivity contribution in [2.45, 2.75) is 13.0 Å². The third-order valence-corrected chi connectivity index (χ3v) is 1.99. The van der Waals surface area contributed by atoms with Gasteiger partial charge in [-0.1, -0.05) is 30.7 Å². The highest BCUT2D eigenvalue weighted by atomic mass is 35.5. The van der Waals surface area contributed by atoms with Crippen molar-refractivity contribution in [1.82, 2.24) is 5.32 Å². The van der Waals surface area contributed by atoms with E-state index in [1.807, 2.05) is 19.1 Å². The summed E-state index contributed by atoms with van der Waals surface area (Å²) in [5.41, 5.74) is 0.953. The Labute approximate surface area is 83.1 Å². The number of nitrogens with zero attached hydrogens (tertiary/aromatic N) is 1. The fourth-order valence-electron chi connectivity index (χ4n) is 1.10. The van der Waals surface area contributed by atoms with Crippen molar-refractivity contribution in [2.24, 2.45) is 0 Å². The summed E-state index contributed by atoms with van der Waals surface area (Å²) in [6.07, 6.45) is 0. The molecule has 3 heteroatoms. The topological polar surface area (TPSA) is 35.8 Å². The van der Waals surface area contributed by atoms with Crippen molar-refractivity contribution in [1.29, 1.82) is 5.26 Å². The number of nitrogens with one attached hydrogen (secondary N) is 1. The predicted octanol–water partition coefficient (Wildman–Crippen LogP) is 2.51. The summed E-state index contributed by atoms with van der Waals surface area (Å²) in [6.45, 7) is 2.75. The van der Waals surface area contributed by atoms with Gasteiger partial charge in [0.1, 0.15) is 6.04 Å². The van der Waals surface area contributed by atoms with Gasteiger partial charge in [-0.2, -0.15) is 5.26 Å². The normalized spacial score (nSPS) is 12.1. The van der Waals surface area contributed by atoms with E-state index in [0.717, 1.165) is 12.1 Å². The van der Waals surface area contributed by atoms with Crippen LogP contribution in [0.25, 0.3) is 0 Å². The average Bonchev–Trinajstić information content (AvgIpc) is 2.16. The van der Waals surface area contributed by atoms with Crippen LogP contribution in [0.1, 0.15) is 18.5 Å². The molecule has 0 fully saturated rings. The maximum atomic E-state index is 8.83. The van der Waals surface area contributed by atoms with Crippen LogP contribution in [0.15, 0.2) is 24.3 Å². The Morgan fingerprint density at radius 3 is 2.54 bits per heavy atom. The van der Waals surface area contributed by atoms with Crippen LogP contribution in [-0.4, -0.2) is 6.54 Å². The fraction of sp³-hybridized carbons (Fsp3) is 0.300. The van der Waals surface area contributed by atoms with Crippen LogP contribution in [0.3, 0.4) is 0 Å². The molecule has 1 N–H and O–H groups in total. The Kier molecular flexibility index (Phi) is 3.75. The second-order valence-corrected chi connectivity index (χ2v) is 3.11. The minimum Gasteiger partial charge on any atom is -0.298 e. The van der Waals surface area contributed by atoms with Crippen LogP contribution in [0.4, 0.5) is 0 Å². The van der Waals surface area contributed by atoms with Gasteiger partial charge in [0.25, 0.3) is 0 Å². The second kappa shape index (κ2) is 4.86. The van der Waals surface area contributed by atoms with Gasteiger partial charge in [-0.3, -0.25) is 5.32 Å². The van der Waals surface area contributed by atoms with Crippen LogP contribution in [0.2, 0.25) is 5.02 Å². The van der Waals surface area contributed by atoms with Gasteiger partial charge in [-0.05, 0) is 24.2 Å². The minimum atomic E-state index is -0.234. The van der Waals surface area contributed by atoms with E-state index in [4.69, 9.17) is 16.9 Å². The van der Waals surface area contributed by atoms with Crippen molar-refractivity contribution >= 4 is 11.6 Å². The summed E-state index contributed by atoms with van der Waals surface area (Å²) in [6, 6.07) is 9.25. The van der Waals surface area contributed by atoms with E-state index >= 15 is 0 Å². The van der Waals surface area contributed by atoms with E-state index in [0.29, 0.717) is 5.02 Å². The molecule has 0 unspecified atom stereocenters. The lowest BCUT2D eigenvalue weighted by molar-refractivity contribution is 0.658. The van der Waals surface area contributed by atoms with E-state index in [1.165, 1.54) is 0 Å². The Morgan fingerprint density at radius 1 is 1.46 bits per heavy atom. The number of hydrogen-bond acceptors (Lipinski definition) is 2. The van der Waals surface area contributed by atoms with Gasteiger partial charge in [0.15, 0.2) is 0 Å². The first-order chi connectivity index (χ1) is 6.27. The zero-order valence-electron chi connectivity index (χ0n) is 7.42. The van der Waals surface area contributed by atoms with Gasteiger partial charge in [0.05, 0.1) is 6.07 Å². The van der Waals surface area contributed by atoms with Crippen molar-refractivity contribution in [3.05, 3.63) is 34.9 Å². The highest BCUT2D eigenvalue weighted by Gasteiger charge is 2.07. The largest absolute Gasteiger partial charge is 0.298 e. The first-order valence-electron chi connectivity index (χ1n) is 4.16. The highest BCUT2D eigenvalue weighted by molar-refractivity contribution is 6.30. The zero-order chi connectivity index (χ0) is 9.68. The Hall–Kier alpha value is -1.04. The van der Waals surface area contributed by atoms with Gasteiger partial charge < -0.3 is 0 Å². The maximum absolute atomic E-state index is 8.83. The van der Waals surface area contributed by atoms with E-state index in [-0.39, 0.29) is 6.04 Å². The third kappa shape index (κ3) is 2.73. The molecule has 0 saturated heterocycles. The van der Waals surface area contributed by atoms with Gasteiger partial charge >= 0.3 is 0 Å². The molecule has 0 saturated carbocycles. The van der Waals surface area contributed by atoms with Gasteiger partial charge in [-0.25, -0.2) is 0 Å². The van der Waals surface area contributed by atoms with Crippen molar-refractivity contribution in [2.75, 3.05) is 6.54 Å². The maximum Gasteiger partial charge on any atom is 0.121 e. The highest BCUT2D eigenvalue weighted by Crippen LogP contribution is 2.15. The second-order valence-electron chi connectivity index (χ2n) is 2.67. The molecule has 68 valence electrons. The zero-order valence-corrected chi connectivity index (χ0v) is 8.17. The summed E-state index contributed by atoms with van der Waals surface area (Å²) in [5, 5.41) is 12.6. The molecular formula is C10H11ClN2. The molecule has 0 bridgehead atoms. The van der Waals surface area contributed by atoms with Gasteiger partial charge in [0.2, 0.25) is 0 Å². The molecule has 1 aromatic carbocycles.